The summed E-state index contributed by atoms with van der Waals surface area (Å²) in [5.74, 6) is 0.727. The van der Waals surface area contributed by atoms with Gasteiger partial charge in [0.1, 0.15) is 0 Å². The van der Waals surface area contributed by atoms with E-state index in [4.69, 9.17) is 9.47 Å². The summed E-state index contributed by atoms with van der Waals surface area (Å²) in [6.07, 6.45) is 1.54. The number of hydrogen-bond donors (Lipinski definition) is 0. The number of hydrogen-bond acceptors (Lipinski definition) is 3. The van der Waals surface area contributed by atoms with Crippen LogP contribution in [0.5, 0.6) is 0 Å². The van der Waals surface area contributed by atoms with Crippen LogP contribution >= 0.6 is 15.9 Å². The second kappa shape index (κ2) is 5.34. The summed E-state index contributed by atoms with van der Waals surface area (Å²) in [5.41, 5.74) is -0.0177. The van der Waals surface area contributed by atoms with E-state index < -0.39 is 0 Å². The molecule has 0 N–H and O–H groups in total. The van der Waals surface area contributed by atoms with Crippen LogP contribution in [-0.2, 0) is 9.47 Å². The maximum absolute atomic E-state index is 6.00. The van der Waals surface area contributed by atoms with Crippen LogP contribution in [0.4, 0.5) is 0 Å². The van der Waals surface area contributed by atoms with E-state index in [1.807, 2.05) is 0 Å². The summed E-state index contributed by atoms with van der Waals surface area (Å²) in [7, 11) is 0. The first-order valence-corrected chi connectivity index (χ1v) is 7.25. The molecule has 0 aliphatic carbocycles. The number of ether oxygens (including phenoxy) is 2. The molecule has 2 fully saturated rings. The van der Waals surface area contributed by atoms with Crippen molar-refractivity contribution in [3.63, 3.8) is 0 Å². The zero-order valence-corrected chi connectivity index (χ0v) is 11.8. The minimum absolute atomic E-state index is 0.0177. The highest BCUT2D eigenvalue weighted by molar-refractivity contribution is 9.09. The van der Waals surface area contributed by atoms with E-state index in [0.717, 1.165) is 44.1 Å². The van der Waals surface area contributed by atoms with E-state index in [9.17, 15) is 0 Å². The molecule has 94 valence electrons. The average Bonchev–Trinajstić information content (AvgIpc) is 2.67. The summed E-state index contributed by atoms with van der Waals surface area (Å²) in [4.78, 5) is 2.54. The first-order valence-electron chi connectivity index (χ1n) is 6.13. The SMILES string of the molecule is CC1(C)CN(CC2CCOC2)CC(CBr)O1. The molecule has 0 saturated carbocycles. The van der Waals surface area contributed by atoms with Gasteiger partial charge in [0.15, 0.2) is 0 Å². The van der Waals surface area contributed by atoms with Crippen LogP contribution in [0.2, 0.25) is 0 Å². The fourth-order valence-electron chi connectivity index (χ4n) is 2.73. The maximum Gasteiger partial charge on any atom is 0.0806 e. The molecule has 2 saturated heterocycles. The van der Waals surface area contributed by atoms with Gasteiger partial charge in [-0.25, -0.2) is 0 Å². The molecular formula is C12H22BrNO2. The Kier molecular flexibility index (Phi) is 4.27. The lowest BCUT2D eigenvalue weighted by atomic mass is 10.0. The Hall–Kier alpha value is 0.360. The lowest BCUT2D eigenvalue weighted by Gasteiger charge is -2.43. The molecule has 0 aromatic heterocycles. The fourth-order valence-corrected chi connectivity index (χ4v) is 3.07. The van der Waals surface area contributed by atoms with Crippen molar-refractivity contribution >= 4 is 15.9 Å². The topological polar surface area (TPSA) is 21.7 Å². The normalized spacial score (nSPS) is 35.4. The molecule has 2 atom stereocenters. The van der Waals surface area contributed by atoms with E-state index in [2.05, 4.69) is 34.7 Å². The summed E-state index contributed by atoms with van der Waals surface area (Å²) in [6, 6.07) is 0. The smallest absolute Gasteiger partial charge is 0.0806 e. The number of rotatable bonds is 3. The highest BCUT2D eigenvalue weighted by Crippen LogP contribution is 2.24. The molecule has 2 unspecified atom stereocenters. The van der Waals surface area contributed by atoms with Gasteiger partial charge in [-0.3, -0.25) is 4.90 Å². The Bertz CT molecular complexity index is 229. The highest BCUT2D eigenvalue weighted by atomic mass is 79.9. The molecule has 2 rings (SSSR count). The van der Waals surface area contributed by atoms with Crippen LogP contribution in [0.25, 0.3) is 0 Å². The van der Waals surface area contributed by atoms with Gasteiger partial charge >= 0.3 is 0 Å². The minimum atomic E-state index is -0.0177. The third-order valence-corrected chi connectivity index (χ3v) is 3.99. The number of halogens is 1. The largest absolute Gasteiger partial charge is 0.381 e. The molecule has 0 radical (unpaired) electrons. The summed E-state index contributed by atoms with van der Waals surface area (Å²) < 4.78 is 11.4. The summed E-state index contributed by atoms with van der Waals surface area (Å²) in [6.45, 7) is 9.49. The van der Waals surface area contributed by atoms with Crippen LogP contribution < -0.4 is 0 Å². The molecule has 0 spiro atoms. The van der Waals surface area contributed by atoms with Gasteiger partial charge in [0.2, 0.25) is 0 Å². The van der Waals surface area contributed by atoms with E-state index in [1.165, 1.54) is 6.42 Å². The monoisotopic (exact) mass is 291 g/mol. The summed E-state index contributed by atoms with van der Waals surface area (Å²) >= 11 is 3.53. The zero-order valence-electron chi connectivity index (χ0n) is 10.2. The predicted molar refractivity (Wildman–Crippen MR) is 68.1 cm³/mol. The molecule has 16 heavy (non-hydrogen) atoms. The number of nitrogens with zero attached hydrogens (tertiary/aromatic N) is 1. The Morgan fingerprint density at radius 3 is 2.88 bits per heavy atom. The van der Waals surface area contributed by atoms with Crippen LogP contribution in [0.1, 0.15) is 20.3 Å². The second-order valence-corrected chi connectivity index (χ2v) is 6.23. The van der Waals surface area contributed by atoms with Crippen molar-refractivity contribution in [2.24, 2.45) is 5.92 Å². The highest BCUT2D eigenvalue weighted by Gasteiger charge is 2.34. The van der Waals surface area contributed by atoms with Gasteiger partial charge in [-0.2, -0.15) is 0 Å². The molecule has 0 amide bonds. The van der Waals surface area contributed by atoms with E-state index in [1.54, 1.807) is 0 Å². The van der Waals surface area contributed by atoms with Crippen molar-refractivity contribution in [2.75, 3.05) is 38.2 Å². The van der Waals surface area contributed by atoms with Gasteiger partial charge in [-0.1, -0.05) is 15.9 Å². The van der Waals surface area contributed by atoms with Gasteiger partial charge in [0.05, 0.1) is 18.3 Å². The average molecular weight is 292 g/mol. The Morgan fingerprint density at radius 2 is 2.25 bits per heavy atom. The van der Waals surface area contributed by atoms with E-state index in [-0.39, 0.29) is 5.60 Å². The molecule has 2 heterocycles. The van der Waals surface area contributed by atoms with Crippen molar-refractivity contribution in [3.8, 4) is 0 Å². The zero-order chi connectivity index (χ0) is 11.6. The first-order chi connectivity index (χ1) is 7.59. The Labute approximate surface area is 107 Å². The van der Waals surface area contributed by atoms with Crippen molar-refractivity contribution in [1.29, 1.82) is 0 Å². The molecular weight excluding hydrogens is 270 g/mol. The van der Waals surface area contributed by atoms with Gasteiger partial charge in [-0.05, 0) is 26.2 Å². The molecule has 2 aliphatic rings. The standard InChI is InChI=1S/C12H22BrNO2/c1-12(2)9-14(7-11(5-13)16-12)6-10-3-4-15-8-10/h10-11H,3-9H2,1-2H3. The molecule has 0 aromatic rings. The van der Waals surface area contributed by atoms with E-state index >= 15 is 0 Å². The molecule has 2 aliphatic heterocycles. The third-order valence-electron chi connectivity index (χ3n) is 3.26. The minimum Gasteiger partial charge on any atom is -0.381 e. The summed E-state index contributed by atoms with van der Waals surface area (Å²) in [5, 5.41) is 0.925. The van der Waals surface area contributed by atoms with Crippen LogP contribution in [0, 0.1) is 5.92 Å². The Morgan fingerprint density at radius 1 is 1.44 bits per heavy atom. The van der Waals surface area contributed by atoms with Gasteiger partial charge in [0, 0.05) is 31.6 Å². The Balaban J connectivity index is 1.87. The van der Waals surface area contributed by atoms with Crippen LogP contribution in [0.3, 0.4) is 0 Å². The maximum atomic E-state index is 6.00. The fraction of sp³-hybridized carbons (Fsp3) is 1.00. The van der Waals surface area contributed by atoms with Crippen molar-refractivity contribution < 1.29 is 9.47 Å². The van der Waals surface area contributed by atoms with Gasteiger partial charge < -0.3 is 9.47 Å². The number of morpholine rings is 1. The quantitative estimate of drug-likeness (QED) is 0.742. The van der Waals surface area contributed by atoms with Crippen LogP contribution in [0.15, 0.2) is 0 Å². The predicted octanol–water partition coefficient (Wildman–Crippen LogP) is 1.90. The number of alkyl halides is 1. The lowest BCUT2D eigenvalue weighted by molar-refractivity contribution is -0.128. The van der Waals surface area contributed by atoms with Crippen molar-refractivity contribution in [2.45, 2.75) is 32.0 Å². The molecule has 0 aromatic carbocycles. The molecule has 4 heteroatoms. The van der Waals surface area contributed by atoms with Crippen LogP contribution in [-0.4, -0.2) is 54.8 Å². The van der Waals surface area contributed by atoms with Gasteiger partial charge in [0.25, 0.3) is 0 Å². The van der Waals surface area contributed by atoms with Gasteiger partial charge in [-0.15, -0.1) is 0 Å². The first kappa shape index (κ1) is 12.8. The lowest BCUT2D eigenvalue weighted by Crippen LogP contribution is -2.54. The van der Waals surface area contributed by atoms with Crippen molar-refractivity contribution in [3.05, 3.63) is 0 Å². The van der Waals surface area contributed by atoms with Crippen molar-refractivity contribution in [1.82, 2.24) is 4.90 Å². The van der Waals surface area contributed by atoms with E-state index in [0.29, 0.717) is 6.10 Å². The molecule has 3 nitrogen and oxygen atoms in total. The molecule has 0 bridgehead atoms. The third kappa shape index (κ3) is 3.42. The second-order valence-electron chi connectivity index (χ2n) is 5.58.